The molecule has 0 saturated carbocycles. The lowest BCUT2D eigenvalue weighted by Crippen LogP contribution is -2.01. The maximum absolute atomic E-state index is 4.24. The van der Waals surface area contributed by atoms with E-state index in [9.17, 15) is 0 Å². The molecule has 8 heteroatoms. The summed E-state index contributed by atoms with van der Waals surface area (Å²) in [6.07, 6.45) is 3.69. The third-order valence-electron chi connectivity index (χ3n) is 3.03. The first kappa shape index (κ1) is 14.5. The Morgan fingerprint density at radius 3 is 2.82 bits per heavy atom. The van der Waals surface area contributed by atoms with Crippen LogP contribution in [0.25, 0.3) is 5.69 Å². The fourth-order valence-corrected chi connectivity index (χ4v) is 2.77. The quantitative estimate of drug-likeness (QED) is 0.513. The van der Waals surface area contributed by atoms with Crippen molar-refractivity contribution in [3.05, 3.63) is 54.9 Å². The van der Waals surface area contributed by atoms with Crippen LogP contribution in [0.15, 0.2) is 54.3 Å². The van der Waals surface area contributed by atoms with Gasteiger partial charge in [-0.05, 0) is 29.5 Å². The van der Waals surface area contributed by atoms with Crippen LogP contribution in [-0.4, -0.2) is 35.2 Å². The fourth-order valence-electron chi connectivity index (χ4n) is 1.91. The van der Waals surface area contributed by atoms with Crippen LogP contribution in [0.2, 0.25) is 0 Å². The Morgan fingerprint density at radius 2 is 2.05 bits per heavy atom. The molecule has 0 fully saturated rings. The summed E-state index contributed by atoms with van der Waals surface area (Å²) in [5, 5.41) is 20.9. The van der Waals surface area contributed by atoms with Gasteiger partial charge in [-0.2, -0.15) is 0 Å². The molecule has 1 atom stereocenters. The Kier molecular flexibility index (Phi) is 4.29. The number of nitrogens with zero attached hydrogens (tertiary/aromatic N) is 7. The Morgan fingerprint density at radius 1 is 1.23 bits per heavy atom. The van der Waals surface area contributed by atoms with Crippen LogP contribution >= 0.6 is 11.8 Å². The number of aromatic nitrogens is 7. The molecule has 22 heavy (non-hydrogen) atoms. The Labute approximate surface area is 132 Å². The number of tetrazole rings is 1. The van der Waals surface area contributed by atoms with E-state index in [1.165, 1.54) is 0 Å². The minimum atomic E-state index is 0.0898. The Hall–Kier alpha value is -2.48. The number of benzene rings is 1. The van der Waals surface area contributed by atoms with E-state index in [2.05, 4.69) is 39.3 Å². The summed E-state index contributed by atoms with van der Waals surface area (Å²) in [5.41, 5.74) is 1.86. The summed E-state index contributed by atoms with van der Waals surface area (Å²) < 4.78 is 3.47. The van der Waals surface area contributed by atoms with Gasteiger partial charge in [0.2, 0.25) is 5.16 Å². The van der Waals surface area contributed by atoms with E-state index < -0.39 is 0 Å². The summed E-state index contributed by atoms with van der Waals surface area (Å²) in [6.45, 7) is 6.33. The molecule has 1 aromatic carbocycles. The Bertz CT molecular complexity index is 749. The second-order valence-electron chi connectivity index (χ2n) is 4.62. The van der Waals surface area contributed by atoms with Gasteiger partial charge in [0.25, 0.3) is 0 Å². The number of hydrogen-bond acceptors (Lipinski definition) is 6. The zero-order chi connectivity index (χ0) is 15.4. The van der Waals surface area contributed by atoms with Gasteiger partial charge in [0.1, 0.15) is 0 Å². The molecule has 2 heterocycles. The lowest BCUT2D eigenvalue weighted by atomic mass is 10.3. The van der Waals surface area contributed by atoms with Gasteiger partial charge >= 0.3 is 0 Å². The first-order chi connectivity index (χ1) is 10.8. The SMILES string of the molecule is C=CCn1nnnc1S[C@H](C)c1cn(-c2ccccc2)nn1. The van der Waals surface area contributed by atoms with Crippen LogP contribution in [0.4, 0.5) is 0 Å². The molecule has 0 N–H and O–H groups in total. The van der Waals surface area contributed by atoms with Crippen molar-refractivity contribution in [1.29, 1.82) is 0 Å². The topological polar surface area (TPSA) is 74.3 Å². The second-order valence-corrected chi connectivity index (χ2v) is 5.92. The second kappa shape index (κ2) is 6.52. The van der Waals surface area contributed by atoms with Crippen molar-refractivity contribution in [2.24, 2.45) is 0 Å². The number of hydrogen-bond donors (Lipinski definition) is 0. The van der Waals surface area contributed by atoms with Crippen molar-refractivity contribution in [2.45, 2.75) is 23.9 Å². The molecule has 0 unspecified atom stereocenters. The van der Waals surface area contributed by atoms with Crippen LogP contribution in [0.1, 0.15) is 17.9 Å². The lowest BCUT2D eigenvalue weighted by molar-refractivity contribution is 0.613. The molecular weight excluding hydrogens is 298 g/mol. The minimum Gasteiger partial charge on any atom is -0.220 e. The normalized spacial score (nSPS) is 12.2. The molecule has 0 aliphatic heterocycles. The Balaban J connectivity index is 1.75. The predicted molar refractivity (Wildman–Crippen MR) is 83.6 cm³/mol. The van der Waals surface area contributed by atoms with E-state index >= 15 is 0 Å². The minimum absolute atomic E-state index is 0.0898. The molecule has 0 saturated heterocycles. The summed E-state index contributed by atoms with van der Waals surface area (Å²) in [6, 6.07) is 9.89. The van der Waals surface area contributed by atoms with Crippen LogP contribution < -0.4 is 0 Å². The van der Waals surface area contributed by atoms with Crippen LogP contribution in [0.3, 0.4) is 0 Å². The average Bonchev–Trinajstić information content (AvgIpc) is 3.19. The molecule has 0 aliphatic carbocycles. The van der Waals surface area contributed by atoms with Crippen LogP contribution in [0.5, 0.6) is 0 Å². The van der Waals surface area contributed by atoms with Crippen molar-refractivity contribution >= 4 is 11.8 Å². The monoisotopic (exact) mass is 313 g/mol. The average molecular weight is 313 g/mol. The van der Waals surface area contributed by atoms with Gasteiger partial charge in [0, 0.05) is 0 Å². The maximum Gasteiger partial charge on any atom is 0.210 e. The van der Waals surface area contributed by atoms with Crippen molar-refractivity contribution in [3.63, 3.8) is 0 Å². The zero-order valence-corrected chi connectivity index (χ0v) is 12.9. The van der Waals surface area contributed by atoms with Gasteiger partial charge in [0.05, 0.1) is 29.4 Å². The first-order valence-corrected chi connectivity index (χ1v) is 7.67. The molecule has 0 radical (unpaired) electrons. The number of para-hydroxylation sites is 1. The number of rotatable bonds is 6. The first-order valence-electron chi connectivity index (χ1n) is 6.79. The van der Waals surface area contributed by atoms with E-state index in [-0.39, 0.29) is 5.25 Å². The zero-order valence-electron chi connectivity index (χ0n) is 12.1. The molecule has 0 spiro atoms. The smallest absolute Gasteiger partial charge is 0.210 e. The van der Waals surface area contributed by atoms with E-state index in [0.717, 1.165) is 16.5 Å². The van der Waals surface area contributed by atoms with Crippen molar-refractivity contribution in [3.8, 4) is 5.69 Å². The molecule has 7 nitrogen and oxygen atoms in total. The van der Waals surface area contributed by atoms with Gasteiger partial charge in [0.15, 0.2) is 0 Å². The van der Waals surface area contributed by atoms with E-state index in [4.69, 9.17) is 0 Å². The van der Waals surface area contributed by atoms with Gasteiger partial charge in [-0.25, -0.2) is 9.36 Å². The van der Waals surface area contributed by atoms with Gasteiger partial charge in [-0.3, -0.25) is 0 Å². The molecule has 3 aromatic rings. The molecular formula is C14H15N7S. The standard InChI is InChI=1S/C14H15N7S/c1-3-9-20-14(16-17-19-20)22-11(2)13-10-21(18-15-13)12-7-5-4-6-8-12/h3-8,10-11H,1,9H2,2H3/t11-/m1/s1. The molecule has 2 aromatic heterocycles. The van der Waals surface area contributed by atoms with Crippen molar-refractivity contribution < 1.29 is 0 Å². The highest BCUT2D eigenvalue weighted by Gasteiger charge is 2.16. The third-order valence-corrected chi connectivity index (χ3v) is 4.13. The predicted octanol–water partition coefficient (Wildman–Crippen LogP) is 2.29. The fraction of sp³-hybridized carbons (Fsp3) is 0.214. The summed E-state index contributed by atoms with van der Waals surface area (Å²) in [7, 11) is 0. The van der Waals surface area contributed by atoms with Crippen molar-refractivity contribution in [1.82, 2.24) is 35.2 Å². The molecule has 3 rings (SSSR count). The third kappa shape index (κ3) is 3.06. The molecule has 112 valence electrons. The van der Waals surface area contributed by atoms with Crippen LogP contribution in [0, 0.1) is 0 Å². The van der Waals surface area contributed by atoms with Crippen LogP contribution in [-0.2, 0) is 6.54 Å². The van der Waals surface area contributed by atoms with Gasteiger partial charge in [-0.15, -0.1) is 16.8 Å². The summed E-state index contributed by atoms with van der Waals surface area (Å²) >= 11 is 1.54. The number of thioether (sulfide) groups is 1. The molecule has 0 amide bonds. The van der Waals surface area contributed by atoms with E-state index in [1.54, 1.807) is 27.2 Å². The highest BCUT2D eigenvalue weighted by atomic mass is 32.2. The maximum atomic E-state index is 4.24. The lowest BCUT2D eigenvalue weighted by Gasteiger charge is -2.06. The molecule has 0 aliphatic rings. The highest BCUT2D eigenvalue weighted by Crippen LogP contribution is 2.32. The molecule has 0 bridgehead atoms. The van der Waals surface area contributed by atoms with Gasteiger partial charge in [-0.1, -0.05) is 41.3 Å². The van der Waals surface area contributed by atoms with Crippen molar-refractivity contribution in [2.75, 3.05) is 0 Å². The summed E-state index contributed by atoms with van der Waals surface area (Å²) in [5.74, 6) is 0. The highest BCUT2D eigenvalue weighted by molar-refractivity contribution is 7.99. The van der Waals surface area contributed by atoms with Gasteiger partial charge < -0.3 is 0 Å². The number of allylic oxidation sites excluding steroid dienone is 1. The summed E-state index contributed by atoms with van der Waals surface area (Å²) in [4.78, 5) is 0. The largest absolute Gasteiger partial charge is 0.220 e. The van der Waals surface area contributed by atoms with E-state index in [0.29, 0.717) is 6.54 Å². The van der Waals surface area contributed by atoms with E-state index in [1.807, 2.05) is 36.5 Å².